The van der Waals surface area contributed by atoms with Gasteiger partial charge in [-0.15, -0.1) is 21.5 Å². The van der Waals surface area contributed by atoms with Crippen molar-refractivity contribution in [1.82, 2.24) is 19.7 Å². The highest BCUT2D eigenvalue weighted by molar-refractivity contribution is 7.99. The van der Waals surface area contributed by atoms with Crippen LogP contribution in [-0.2, 0) is 29.4 Å². The summed E-state index contributed by atoms with van der Waals surface area (Å²) < 4.78 is 6.72. The Labute approximate surface area is 175 Å². The molecule has 1 amide bonds. The summed E-state index contributed by atoms with van der Waals surface area (Å²) in [4.78, 5) is 30.1. The molecule has 3 heterocycles. The van der Waals surface area contributed by atoms with Crippen molar-refractivity contribution in [3.63, 3.8) is 0 Å². The Bertz CT molecular complexity index is 1060. The van der Waals surface area contributed by atoms with E-state index in [2.05, 4.69) is 20.5 Å². The van der Waals surface area contributed by atoms with Gasteiger partial charge in [-0.1, -0.05) is 17.8 Å². The molecule has 0 aliphatic heterocycles. The third-order valence-corrected chi connectivity index (χ3v) is 6.85. The predicted molar refractivity (Wildman–Crippen MR) is 111 cm³/mol. The van der Waals surface area contributed by atoms with Crippen LogP contribution in [0.2, 0.25) is 0 Å². The van der Waals surface area contributed by atoms with Gasteiger partial charge in [0, 0.05) is 18.1 Å². The summed E-state index contributed by atoms with van der Waals surface area (Å²) in [6, 6.07) is 5.58. The zero-order valence-electron chi connectivity index (χ0n) is 16.0. The number of amides is 1. The summed E-state index contributed by atoms with van der Waals surface area (Å²) in [5.41, 5.74) is 2.23. The topological polar surface area (TPSA) is 99.0 Å². The van der Waals surface area contributed by atoms with E-state index in [1.165, 1.54) is 30.2 Å². The van der Waals surface area contributed by atoms with Crippen LogP contribution < -0.4 is 5.32 Å². The summed E-state index contributed by atoms with van der Waals surface area (Å²) in [6.07, 6.45) is 4.50. The first-order valence-corrected chi connectivity index (χ1v) is 10.8. The van der Waals surface area contributed by atoms with Crippen LogP contribution in [0.4, 0.5) is 5.00 Å². The van der Waals surface area contributed by atoms with Gasteiger partial charge in [0.2, 0.25) is 5.91 Å². The largest absolute Gasteiger partial charge is 0.465 e. The fourth-order valence-corrected chi connectivity index (χ4v) is 5.27. The van der Waals surface area contributed by atoms with E-state index >= 15 is 0 Å². The van der Waals surface area contributed by atoms with Crippen molar-refractivity contribution in [1.29, 1.82) is 0 Å². The van der Waals surface area contributed by atoms with Gasteiger partial charge in [-0.25, -0.2) is 4.79 Å². The average Bonchev–Trinajstić information content (AvgIpc) is 3.41. The zero-order chi connectivity index (χ0) is 20.4. The molecule has 150 valence electrons. The van der Waals surface area contributed by atoms with Gasteiger partial charge in [0.25, 0.3) is 0 Å². The van der Waals surface area contributed by atoms with Crippen LogP contribution in [0.25, 0.3) is 11.5 Å². The Kier molecular flexibility index (Phi) is 5.63. The van der Waals surface area contributed by atoms with Crippen molar-refractivity contribution in [2.45, 2.75) is 24.4 Å². The highest BCUT2D eigenvalue weighted by Gasteiger charge is 2.28. The number of carbonyl (C=O) groups excluding carboxylic acids is 2. The number of ether oxygens (including phenoxy) is 1. The molecule has 1 aliphatic rings. The van der Waals surface area contributed by atoms with Gasteiger partial charge in [0.05, 0.1) is 18.4 Å². The first kappa shape index (κ1) is 19.6. The fourth-order valence-electron chi connectivity index (χ4n) is 3.26. The van der Waals surface area contributed by atoms with Gasteiger partial charge in [-0.05, 0) is 37.0 Å². The molecule has 0 spiro atoms. The predicted octanol–water partition coefficient (Wildman–Crippen LogP) is 2.94. The van der Waals surface area contributed by atoms with Crippen LogP contribution in [0.3, 0.4) is 0 Å². The van der Waals surface area contributed by atoms with E-state index < -0.39 is 5.97 Å². The number of nitrogens with zero attached hydrogens (tertiary/aromatic N) is 4. The summed E-state index contributed by atoms with van der Waals surface area (Å²) in [5.74, 6) is 0.177. The maximum Gasteiger partial charge on any atom is 0.341 e. The first-order chi connectivity index (χ1) is 14.1. The third kappa shape index (κ3) is 3.90. The number of esters is 1. The number of fused-ring (bicyclic) bond motifs is 1. The number of pyridine rings is 1. The number of aromatic nitrogens is 4. The second-order valence-electron chi connectivity index (χ2n) is 6.47. The van der Waals surface area contributed by atoms with Crippen LogP contribution in [0.5, 0.6) is 0 Å². The molecule has 1 N–H and O–H groups in total. The normalized spacial score (nSPS) is 12.6. The molecule has 0 aromatic carbocycles. The number of hydrogen-bond acceptors (Lipinski definition) is 8. The first-order valence-electron chi connectivity index (χ1n) is 9.04. The highest BCUT2D eigenvalue weighted by atomic mass is 32.2. The van der Waals surface area contributed by atoms with E-state index in [4.69, 9.17) is 4.74 Å². The summed E-state index contributed by atoms with van der Waals surface area (Å²) in [7, 11) is 3.19. The minimum Gasteiger partial charge on any atom is -0.465 e. The third-order valence-electron chi connectivity index (χ3n) is 4.63. The lowest BCUT2D eigenvalue weighted by molar-refractivity contribution is -0.113. The molecule has 1 aliphatic carbocycles. The summed E-state index contributed by atoms with van der Waals surface area (Å²) in [5, 5.41) is 12.4. The summed E-state index contributed by atoms with van der Waals surface area (Å²) in [6.45, 7) is 0. The van der Waals surface area contributed by atoms with E-state index in [0.29, 0.717) is 21.5 Å². The van der Waals surface area contributed by atoms with Crippen molar-refractivity contribution in [3.8, 4) is 11.5 Å². The number of anilines is 1. The minimum absolute atomic E-state index is 0.150. The molecule has 4 rings (SSSR count). The van der Waals surface area contributed by atoms with Crippen LogP contribution in [0, 0.1) is 0 Å². The number of carbonyl (C=O) groups is 2. The van der Waals surface area contributed by atoms with Gasteiger partial charge in [-0.2, -0.15) is 0 Å². The molecule has 0 bridgehead atoms. The quantitative estimate of drug-likeness (QED) is 0.475. The lowest BCUT2D eigenvalue weighted by atomic mass is 10.1. The Balaban J connectivity index is 1.44. The number of hydrogen-bond donors (Lipinski definition) is 1. The standard InChI is InChI=1S/C19H19N5O3S2/c1-24-16(12-7-3-4-9-20-12)22-23-19(24)28-10-14(25)21-17-15(18(26)27-2)11-6-5-8-13(11)29-17/h3-4,7,9H,5-6,8,10H2,1-2H3,(H,21,25). The summed E-state index contributed by atoms with van der Waals surface area (Å²) >= 11 is 2.74. The molecule has 0 saturated heterocycles. The number of thioether (sulfide) groups is 1. The van der Waals surface area contributed by atoms with E-state index in [1.54, 1.807) is 10.8 Å². The van der Waals surface area contributed by atoms with Crippen LogP contribution in [0.15, 0.2) is 29.6 Å². The molecule has 10 heteroatoms. The number of thiophene rings is 1. The maximum absolute atomic E-state index is 12.5. The van der Waals surface area contributed by atoms with Gasteiger partial charge < -0.3 is 14.6 Å². The number of rotatable bonds is 6. The van der Waals surface area contributed by atoms with Crippen LogP contribution in [0.1, 0.15) is 27.2 Å². The van der Waals surface area contributed by atoms with Crippen molar-refractivity contribution < 1.29 is 14.3 Å². The molecule has 0 radical (unpaired) electrons. The lowest BCUT2D eigenvalue weighted by Gasteiger charge is -2.07. The molecular weight excluding hydrogens is 410 g/mol. The molecule has 8 nitrogen and oxygen atoms in total. The molecule has 0 unspecified atom stereocenters. The molecule has 0 atom stereocenters. The van der Waals surface area contributed by atoms with E-state index in [1.807, 2.05) is 25.2 Å². The van der Waals surface area contributed by atoms with Crippen molar-refractivity contribution in [2.75, 3.05) is 18.2 Å². The van der Waals surface area contributed by atoms with Gasteiger partial charge in [0.1, 0.15) is 10.7 Å². The van der Waals surface area contributed by atoms with Gasteiger partial charge in [-0.3, -0.25) is 9.78 Å². The monoisotopic (exact) mass is 429 g/mol. The zero-order valence-corrected chi connectivity index (χ0v) is 17.6. The minimum atomic E-state index is -0.402. The van der Waals surface area contributed by atoms with Gasteiger partial charge in [0.15, 0.2) is 11.0 Å². The van der Waals surface area contributed by atoms with Crippen LogP contribution >= 0.6 is 23.1 Å². The Morgan fingerprint density at radius 2 is 2.17 bits per heavy atom. The van der Waals surface area contributed by atoms with Crippen LogP contribution in [-0.4, -0.2) is 44.5 Å². The lowest BCUT2D eigenvalue weighted by Crippen LogP contribution is -2.16. The molecule has 3 aromatic heterocycles. The van der Waals surface area contributed by atoms with E-state index in [-0.39, 0.29) is 11.7 Å². The molecule has 3 aromatic rings. The van der Waals surface area contributed by atoms with E-state index in [9.17, 15) is 9.59 Å². The fraction of sp³-hybridized carbons (Fsp3) is 0.316. The van der Waals surface area contributed by atoms with Crippen molar-refractivity contribution in [2.24, 2.45) is 7.05 Å². The second kappa shape index (κ2) is 8.34. The molecule has 0 fully saturated rings. The average molecular weight is 430 g/mol. The maximum atomic E-state index is 12.5. The highest BCUT2D eigenvalue weighted by Crippen LogP contribution is 2.39. The Morgan fingerprint density at radius 1 is 1.31 bits per heavy atom. The molecule has 0 saturated carbocycles. The Hall–Kier alpha value is -2.72. The number of aryl methyl sites for hydroxylation is 1. The molecule has 29 heavy (non-hydrogen) atoms. The van der Waals surface area contributed by atoms with Crippen molar-refractivity contribution in [3.05, 3.63) is 40.4 Å². The number of nitrogens with one attached hydrogen (secondary N) is 1. The SMILES string of the molecule is COC(=O)c1c(NC(=O)CSc2nnc(-c3ccccn3)n2C)sc2c1CCC2. The van der Waals surface area contributed by atoms with Crippen molar-refractivity contribution >= 4 is 40.0 Å². The van der Waals surface area contributed by atoms with E-state index in [0.717, 1.165) is 35.4 Å². The number of methoxy groups -OCH3 is 1. The smallest absolute Gasteiger partial charge is 0.341 e. The Morgan fingerprint density at radius 3 is 2.93 bits per heavy atom. The van der Waals surface area contributed by atoms with Gasteiger partial charge >= 0.3 is 5.97 Å². The molecular formula is C19H19N5O3S2. The second-order valence-corrected chi connectivity index (χ2v) is 8.52.